The fourth-order valence-electron chi connectivity index (χ4n) is 3.94. The summed E-state index contributed by atoms with van der Waals surface area (Å²) < 4.78 is 15.0. The molecule has 1 aromatic heterocycles. The van der Waals surface area contributed by atoms with Crippen LogP contribution >= 0.6 is 13.5 Å². The van der Waals surface area contributed by atoms with E-state index < -0.39 is 30.2 Å². The van der Waals surface area contributed by atoms with Crippen molar-refractivity contribution in [1.82, 2.24) is 9.78 Å². The Morgan fingerprint density at radius 2 is 1.81 bits per heavy atom. The normalized spacial score (nSPS) is 11.5. The molecule has 1 amide bonds. The zero-order valence-corrected chi connectivity index (χ0v) is 20.9. The molecule has 1 atom stereocenters. The van der Waals surface area contributed by atoms with Gasteiger partial charge in [0.1, 0.15) is 11.9 Å². The number of nitrogen functional groups attached to an aromatic ring is 1. The summed E-state index contributed by atoms with van der Waals surface area (Å²) in [5.74, 6) is -2.55. The van der Waals surface area contributed by atoms with Crippen LogP contribution in [-0.2, 0) is 16.0 Å². The lowest BCUT2D eigenvalue weighted by atomic mass is 10.0. The number of aliphatic carboxylic acids is 1. The number of carboxylic acid groups (broad SMARTS) is 1. The fraction of sp³-hybridized carbons (Fsp3) is 0.154. The van der Waals surface area contributed by atoms with E-state index >= 15 is 0 Å². The van der Waals surface area contributed by atoms with Gasteiger partial charge in [0, 0.05) is 5.69 Å². The predicted molar refractivity (Wildman–Crippen MR) is 144 cm³/mol. The Morgan fingerprint density at radius 1 is 1.11 bits per heavy atom. The number of carboxylic acids is 1. The maximum absolute atomic E-state index is 14.0. The number of nitrogens with zero attached hydrogens (tertiary/aromatic N) is 2. The number of hydrogen-bond donors (Lipinski definition) is 4. The summed E-state index contributed by atoms with van der Waals surface area (Å²) in [6, 6.07) is 15.4. The molecule has 11 heteroatoms. The van der Waals surface area contributed by atoms with Gasteiger partial charge in [0.25, 0.3) is 0 Å². The molecule has 0 unspecified atom stereocenters. The molecule has 4 aromatic rings. The molecule has 0 aliphatic carbocycles. The van der Waals surface area contributed by atoms with Gasteiger partial charge in [0.2, 0.25) is 11.8 Å². The van der Waals surface area contributed by atoms with Gasteiger partial charge in [0.05, 0.1) is 23.7 Å². The molecule has 0 aliphatic heterocycles. The third-order valence-corrected chi connectivity index (χ3v) is 5.71. The predicted octanol–water partition coefficient (Wildman–Crippen LogP) is 3.47. The first-order valence-electron chi connectivity index (χ1n) is 11.1. The Labute approximate surface area is 218 Å². The first-order chi connectivity index (χ1) is 17.1. The minimum atomic E-state index is -1.36. The zero-order valence-electron chi connectivity index (χ0n) is 19.9. The van der Waals surface area contributed by atoms with E-state index in [2.05, 4.69) is 10.4 Å². The highest BCUT2D eigenvalue weighted by atomic mass is 32.1. The average Bonchev–Trinajstić information content (AvgIpc) is 3.18. The summed E-state index contributed by atoms with van der Waals surface area (Å²) in [7, 11) is 0. The Hall–Kier alpha value is -4.22. The van der Waals surface area contributed by atoms with Crippen LogP contribution in [0.25, 0.3) is 22.0 Å². The maximum atomic E-state index is 14.0. The molecule has 3 aromatic carbocycles. The molecule has 0 aliphatic rings. The van der Waals surface area contributed by atoms with Crippen molar-refractivity contribution in [2.24, 2.45) is 5.73 Å². The second kappa shape index (κ2) is 11.2. The topological polar surface area (TPSA) is 153 Å². The number of aryl methyl sites for hydroxylation is 1. The number of fused-ring (bicyclic) bond motifs is 1. The number of carbonyl (C=O) groups excluding carboxylic acids is 2. The lowest BCUT2D eigenvalue weighted by Gasteiger charge is -2.09. The summed E-state index contributed by atoms with van der Waals surface area (Å²) in [6.45, 7) is 1.83. The van der Waals surface area contributed by atoms with Crippen LogP contribution in [0.15, 0.2) is 60.7 Å². The van der Waals surface area contributed by atoms with Crippen LogP contribution < -0.4 is 16.8 Å². The van der Waals surface area contributed by atoms with Crippen molar-refractivity contribution in [3.63, 3.8) is 0 Å². The quantitative estimate of drug-likeness (QED) is 0.289. The second-order valence-electron chi connectivity index (χ2n) is 8.44. The van der Waals surface area contributed by atoms with Crippen LogP contribution in [0.5, 0.6) is 0 Å². The Morgan fingerprint density at radius 3 is 2.49 bits per heavy atom. The summed E-state index contributed by atoms with van der Waals surface area (Å²) >= 11 is 0. The fourth-order valence-corrected chi connectivity index (χ4v) is 3.94. The minimum Gasteiger partial charge on any atom is -0.480 e. The van der Waals surface area contributed by atoms with Gasteiger partial charge in [-0.2, -0.15) is 18.2 Å². The maximum Gasteiger partial charge on any atom is 0.321 e. The molecule has 37 heavy (non-hydrogen) atoms. The third kappa shape index (κ3) is 5.96. The number of halogens is 1. The molecule has 0 saturated carbocycles. The lowest BCUT2D eigenvalue weighted by molar-refractivity contribution is -0.138. The number of benzene rings is 3. The number of carbonyl (C=O) groups is 3. The summed E-state index contributed by atoms with van der Waals surface area (Å²) in [5, 5.41) is 16.4. The number of hydrogen-bond acceptors (Lipinski definition) is 6. The molecule has 6 N–H and O–H groups in total. The zero-order chi connectivity index (χ0) is 26.0. The van der Waals surface area contributed by atoms with Crippen molar-refractivity contribution < 1.29 is 23.9 Å². The largest absolute Gasteiger partial charge is 0.480 e. The monoisotopic (exact) mass is 523 g/mol. The Kier molecular flexibility index (Phi) is 8.31. The average molecular weight is 524 g/mol. The second-order valence-corrected chi connectivity index (χ2v) is 8.44. The van der Waals surface area contributed by atoms with Crippen molar-refractivity contribution >= 4 is 53.7 Å². The van der Waals surface area contributed by atoms with E-state index in [1.165, 1.54) is 6.07 Å². The Bertz CT molecular complexity index is 1490. The van der Waals surface area contributed by atoms with Gasteiger partial charge in [-0.05, 0) is 47.9 Å². The van der Waals surface area contributed by atoms with Crippen LogP contribution in [0.1, 0.15) is 22.3 Å². The standard InChI is InChI=1S/C26H24FN5O4.H2S/c1-14-5-10-19(27)16(11-14)12-22(33)30-17-8-6-15(7-9-17)18-3-2-4-21-24(18)25(29)31-32(21)23(34)13-20(28)26(35)36;/h2-11,20H,12-13,28H2,1H3,(H2,29,31)(H,30,33)(H,35,36);1H2/t20-;/m0./s1. The van der Waals surface area contributed by atoms with Crippen molar-refractivity contribution in [2.45, 2.75) is 25.8 Å². The van der Waals surface area contributed by atoms with Crippen molar-refractivity contribution in [1.29, 1.82) is 0 Å². The molecule has 192 valence electrons. The first kappa shape index (κ1) is 27.4. The van der Waals surface area contributed by atoms with Crippen molar-refractivity contribution in [3.05, 3.63) is 77.6 Å². The third-order valence-electron chi connectivity index (χ3n) is 5.71. The van der Waals surface area contributed by atoms with Crippen molar-refractivity contribution in [2.75, 3.05) is 11.1 Å². The van der Waals surface area contributed by atoms with E-state index in [1.807, 2.05) is 13.0 Å². The number of nitrogens with one attached hydrogen (secondary N) is 1. The van der Waals surface area contributed by atoms with E-state index in [-0.39, 0.29) is 31.6 Å². The molecular weight excluding hydrogens is 497 g/mol. The van der Waals surface area contributed by atoms with Crippen LogP contribution in [0, 0.1) is 12.7 Å². The number of rotatable bonds is 7. The highest BCUT2D eigenvalue weighted by Gasteiger charge is 2.22. The molecule has 0 bridgehead atoms. The summed E-state index contributed by atoms with van der Waals surface area (Å²) in [5.41, 5.74) is 15.2. The van der Waals surface area contributed by atoms with Crippen LogP contribution in [0.2, 0.25) is 0 Å². The van der Waals surface area contributed by atoms with Gasteiger partial charge in [0.15, 0.2) is 5.82 Å². The van der Waals surface area contributed by atoms with Crippen LogP contribution in [0.4, 0.5) is 15.9 Å². The SMILES string of the molecule is Cc1ccc(F)c(CC(=O)Nc2ccc(-c3cccc4c3c(N)nn4C(=O)C[C@H](N)C(=O)O)cc2)c1.S. The van der Waals surface area contributed by atoms with E-state index in [9.17, 15) is 18.8 Å². The van der Waals surface area contributed by atoms with Crippen LogP contribution in [0.3, 0.4) is 0 Å². The molecule has 0 spiro atoms. The molecule has 4 rings (SSSR count). The number of amides is 1. The van der Waals surface area contributed by atoms with Crippen molar-refractivity contribution in [3.8, 4) is 11.1 Å². The van der Waals surface area contributed by atoms with Gasteiger partial charge in [-0.1, -0.05) is 42.0 Å². The summed E-state index contributed by atoms with van der Waals surface area (Å²) in [6.07, 6.45) is -0.527. The van der Waals surface area contributed by atoms with Gasteiger partial charge >= 0.3 is 5.97 Å². The smallest absolute Gasteiger partial charge is 0.321 e. The van der Waals surface area contributed by atoms with Gasteiger partial charge < -0.3 is 21.9 Å². The van der Waals surface area contributed by atoms with Crippen LogP contribution in [-0.4, -0.2) is 38.7 Å². The molecule has 0 saturated heterocycles. The molecule has 0 fully saturated rings. The molecule has 9 nitrogen and oxygen atoms in total. The molecular formula is C26H26FN5O4S. The highest BCUT2D eigenvalue weighted by Crippen LogP contribution is 2.33. The Balaban J connectivity index is 0.00000380. The lowest BCUT2D eigenvalue weighted by Crippen LogP contribution is -2.34. The molecule has 0 radical (unpaired) electrons. The van der Waals surface area contributed by atoms with E-state index in [0.717, 1.165) is 15.8 Å². The van der Waals surface area contributed by atoms with Gasteiger partial charge in [-0.3, -0.25) is 14.4 Å². The number of aromatic nitrogens is 2. The molecule has 1 heterocycles. The minimum absolute atomic E-state index is 0. The first-order valence-corrected chi connectivity index (χ1v) is 11.1. The van der Waals surface area contributed by atoms with E-state index in [4.69, 9.17) is 16.6 Å². The van der Waals surface area contributed by atoms with E-state index in [0.29, 0.717) is 27.7 Å². The van der Waals surface area contributed by atoms with Gasteiger partial charge in [-0.15, -0.1) is 5.10 Å². The number of nitrogens with two attached hydrogens (primary N) is 2. The summed E-state index contributed by atoms with van der Waals surface area (Å²) in [4.78, 5) is 36.0. The van der Waals surface area contributed by atoms with E-state index in [1.54, 1.807) is 48.5 Å². The number of anilines is 2. The van der Waals surface area contributed by atoms with Gasteiger partial charge in [-0.25, -0.2) is 4.39 Å². The highest BCUT2D eigenvalue weighted by molar-refractivity contribution is 7.59.